The van der Waals surface area contributed by atoms with E-state index in [0.717, 1.165) is 48.5 Å². The van der Waals surface area contributed by atoms with E-state index in [0.29, 0.717) is 0 Å². The Morgan fingerprint density at radius 2 is 2.14 bits per heavy atom. The van der Waals surface area contributed by atoms with Gasteiger partial charge in [-0.05, 0) is 6.07 Å². The number of H-pyrrole nitrogens is 1. The molecule has 0 radical (unpaired) electrons. The van der Waals surface area contributed by atoms with Gasteiger partial charge in [-0.1, -0.05) is 0 Å². The van der Waals surface area contributed by atoms with Crippen molar-refractivity contribution in [1.82, 2.24) is 19.7 Å². The van der Waals surface area contributed by atoms with E-state index >= 15 is 0 Å². The van der Waals surface area contributed by atoms with E-state index in [9.17, 15) is 0 Å². The Bertz CT molecular complexity index is 769. The van der Waals surface area contributed by atoms with Crippen LogP contribution in [0.1, 0.15) is 0 Å². The average Bonchev–Trinajstić information content (AvgIpc) is 3.13. The van der Waals surface area contributed by atoms with Crippen LogP contribution in [0, 0.1) is 0 Å². The Labute approximate surface area is 122 Å². The Hall–Kier alpha value is -2.34. The minimum absolute atomic E-state index is 0.774. The summed E-state index contributed by atoms with van der Waals surface area (Å²) in [4.78, 5) is 10.1. The zero-order valence-electron chi connectivity index (χ0n) is 11.9. The first-order valence-electron chi connectivity index (χ1n) is 7.11. The van der Waals surface area contributed by atoms with Crippen LogP contribution in [0.5, 0.6) is 0 Å². The molecule has 3 aromatic rings. The highest BCUT2D eigenvalue weighted by Gasteiger charge is 2.18. The number of fused-ring (bicyclic) bond motifs is 1. The molecule has 1 fully saturated rings. The molecule has 0 bridgehead atoms. The molecule has 0 amide bonds. The lowest BCUT2D eigenvalue weighted by atomic mass is 10.1. The predicted molar refractivity (Wildman–Crippen MR) is 81.3 cm³/mol. The molecular formula is C15H17N5O. The number of hydrogen-bond acceptors (Lipinski definition) is 4. The van der Waals surface area contributed by atoms with Crippen molar-refractivity contribution in [2.45, 2.75) is 0 Å². The highest BCUT2D eigenvalue weighted by molar-refractivity contribution is 6.02. The lowest BCUT2D eigenvalue weighted by Gasteiger charge is -2.29. The molecule has 0 spiro atoms. The predicted octanol–water partition coefficient (Wildman–Crippen LogP) is 1.80. The van der Waals surface area contributed by atoms with Gasteiger partial charge in [-0.15, -0.1) is 0 Å². The molecule has 21 heavy (non-hydrogen) atoms. The van der Waals surface area contributed by atoms with Crippen molar-refractivity contribution in [3.8, 4) is 11.1 Å². The van der Waals surface area contributed by atoms with Gasteiger partial charge in [0.2, 0.25) is 0 Å². The number of aromatic amines is 1. The zero-order chi connectivity index (χ0) is 14.2. The first kappa shape index (κ1) is 12.4. The maximum absolute atomic E-state index is 5.45. The first-order chi connectivity index (χ1) is 10.3. The molecule has 0 saturated carbocycles. The lowest BCUT2D eigenvalue weighted by molar-refractivity contribution is 0.123. The number of rotatable bonds is 2. The highest BCUT2D eigenvalue weighted by atomic mass is 16.5. The molecule has 6 heteroatoms. The van der Waals surface area contributed by atoms with Crippen LogP contribution in [0.25, 0.3) is 22.2 Å². The lowest BCUT2D eigenvalue weighted by Crippen LogP contribution is -2.36. The van der Waals surface area contributed by atoms with E-state index in [1.54, 1.807) is 0 Å². The number of anilines is 1. The van der Waals surface area contributed by atoms with Crippen molar-refractivity contribution in [2.24, 2.45) is 7.05 Å². The Kier molecular flexibility index (Phi) is 2.89. The van der Waals surface area contributed by atoms with Gasteiger partial charge < -0.3 is 14.6 Å². The van der Waals surface area contributed by atoms with E-state index in [4.69, 9.17) is 4.74 Å². The van der Waals surface area contributed by atoms with Crippen LogP contribution in [0.3, 0.4) is 0 Å². The number of ether oxygens (including phenoxy) is 1. The first-order valence-corrected chi connectivity index (χ1v) is 7.11. The summed E-state index contributed by atoms with van der Waals surface area (Å²) in [6.45, 7) is 3.38. The largest absolute Gasteiger partial charge is 0.378 e. The number of morpholine rings is 1. The molecule has 4 rings (SSSR count). The fraction of sp³-hybridized carbons (Fsp3) is 0.333. The van der Waals surface area contributed by atoms with E-state index < -0.39 is 0 Å². The summed E-state index contributed by atoms with van der Waals surface area (Å²) in [6.07, 6.45) is 7.78. The number of nitrogens with zero attached hydrogens (tertiary/aromatic N) is 4. The maximum atomic E-state index is 5.45. The SMILES string of the molecule is Cn1cc(-c2c[nH]c3nccc(N4CCOCC4)c23)cn1. The number of aromatic nitrogens is 4. The highest BCUT2D eigenvalue weighted by Crippen LogP contribution is 2.34. The van der Waals surface area contributed by atoms with E-state index in [-0.39, 0.29) is 0 Å². The van der Waals surface area contributed by atoms with Gasteiger partial charge >= 0.3 is 0 Å². The molecule has 4 heterocycles. The van der Waals surface area contributed by atoms with Crippen LogP contribution < -0.4 is 4.90 Å². The summed E-state index contributed by atoms with van der Waals surface area (Å²) < 4.78 is 7.27. The van der Waals surface area contributed by atoms with Gasteiger partial charge in [0, 0.05) is 49.9 Å². The van der Waals surface area contributed by atoms with Crippen molar-refractivity contribution >= 4 is 16.7 Å². The Balaban J connectivity index is 1.88. The third-order valence-corrected chi connectivity index (χ3v) is 3.92. The van der Waals surface area contributed by atoms with Crippen molar-refractivity contribution in [3.63, 3.8) is 0 Å². The van der Waals surface area contributed by atoms with Crippen LogP contribution in [-0.4, -0.2) is 46.1 Å². The van der Waals surface area contributed by atoms with Crippen LogP contribution in [0.2, 0.25) is 0 Å². The van der Waals surface area contributed by atoms with Gasteiger partial charge in [0.1, 0.15) is 5.65 Å². The molecular weight excluding hydrogens is 266 g/mol. The molecule has 0 atom stereocenters. The van der Waals surface area contributed by atoms with Crippen LogP contribution in [-0.2, 0) is 11.8 Å². The van der Waals surface area contributed by atoms with Gasteiger partial charge in [-0.25, -0.2) is 4.98 Å². The second-order valence-corrected chi connectivity index (χ2v) is 5.26. The molecule has 0 unspecified atom stereocenters. The second kappa shape index (κ2) is 4.89. The molecule has 1 N–H and O–H groups in total. The number of nitrogens with one attached hydrogen (secondary N) is 1. The monoisotopic (exact) mass is 283 g/mol. The normalized spacial score (nSPS) is 15.8. The van der Waals surface area contributed by atoms with Crippen LogP contribution in [0.4, 0.5) is 5.69 Å². The second-order valence-electron chi connectivity index (χ2n) is 5.26. The number of pyridine rings is 1. The summed E-state index contributed by atoms with van der Waals surface area (Å²) in [5, 5.41) is 5.43. The molecule has 1 aliphatic heterocycles. The third kappa shape index (κ3) is 2.08. The van der Waals surface area contributed by atoms with E-state index in [1.807, 2.05) is 36.5 Å². The summed E-state index contributed by atoms with van der Waals surface area (Å²) in [7, 11) is 1.93. The smallest absolute Gasteiger partial charge is 0.139 e. The van der Waals surface area contributed by atoms with Crippen LogP contribution in [0.15, 0.2) is 30.9 Å². The fourth-order valence-electron chi connectivity index (χ4n) is 2.90. The summed E-state index contributed by atoms with van der Waals surface area (Å²) in [6, 6.07) is 2.08. The van der Waals surface area contributed by atoms with Gasteiger partial charge in [0.15, 0.2) is 0 Å². The number of aryl methyl sites for hydroxylation is 1. The molecule has 3 aromatic heterocycles. The summed E-state index contributed by atoms with van der Waals surface area (Å²) in [5.41, 5.74) is 4.38. The minimum Gasteiger partial charge on any atom is -0.378 e. The van der Waals surface area contributed by atoms with E-state index in [2.05, 4.69) is 26.0 Å². The topological polar surface area (TPSA) is 59.0 Å². The van der Waals surface area contributed by atoms with Crippen molar-refractivity contribution in [2.75, 3.05) is 31.2 Å². The Morgan fingerprint density at radius 3 is 2.90 bits per heavy atom. The van der Waals surface area contributed by atoms with Crippen LogP contribution >= 0.6 is 0 Å². The summed E-state index contributed by atoms with van der Waals surface area (Å²) in [5.74, 6) is 0. The van der Waals surface area contributed by atoms with Gasteiger partial charge in [-0.2, -0.15) is 5.10 Å². The van der Waals surface area contributed by atoms with Gasteiger partial charge in [0.25, 0.3) is 0 Å². The fourth-order valence-corrected chi connectivity index (χ4v) is 2.90. The van der Waals surface area contributed by atoms with Crippen molar-refractivity contribution < 1.29 is 4.74 Å². The minimum atomic E-state index is 0.774. The Morgan fingerprint density at radius 1 is 1.29 bits per heavy atom. The third-order valence-electron chi connectivity index (χ3n) is 3.92. The molecule has 0 aromatic carbocycles. The van der Waals surface area contributed by atoms with Gasteiger partial charge in [0.05, 0.1) is 30.5 Å². The van der Waals surface area contributed by atoms with Gasteiger partial charge in [-0.3, -0.25) is 4.68 Å². The molecule has 0 aliphatic carbocycles. The maximum Gasteiger partial charge on any atom is 0.139 e. The molecule has 6 nitrogen and oxygen atoms in total. The van der Waals surface area contributed by atoms with Crippen molar-refractivity contribution in [3.05, 3.63) is 30.9 Å². The van der Waals surface area contributed by atoms with Crippen molar-refractivity contribution in [1.29, 1.82) is 0 Å². The average molecular weight is 283 g/mol. The molecule has 1 saturated heterocycles. The molecule has 1 aliphatic rings. The van der Waals surface area contributed by atoms with E-state index in [1.165, 1.54) is 5.69 Å². The summed E-state index contributed by atoms with van der Waals surface area (Å²) >= 11 is 0. The zero-order valence-corrected chi connectivity index (χ0v) is 11.9. The number of hydrogen-bond donors (Lipinski definition) is 1. The molecule has 108 valence electrons. The standard InChI is InChI=1S/C15H17N5O/c1-19-10-11(8-18-19)12-9-17-15-14(12)13(2-3-16-15)20-4-6-21-7-5-20/h2-3,8-10H,4-7H2,1H3,(H,16,17). The quantitative estimate of drug-likeness (QED) is 0.779.